The number of alkyl halides is 6. The molecule has 3 amide bonds. The molecule has 0 aliphatic carbocycles. The van der Waals surface area contributed by atoms with Gasteiger partial charge in [-0.3, -0.25) is 19.4 Å². The minimum atomic E-state index is -4.96. The number of aliphatic hydroxyl groups excluding tert-OH is 1. The SMILES string of the molecule is CCC[C@H]1N(C(=O)c2ncccc2C(F)(F)F)CCC[C@]1(Oc1csc(C(F)(F)F)c1)C(=O)N1Cc2ccc(F)cc2C[C@@H]1C(=O)NCCO. The summed E-state index contributed by atoms with van der Waals surface area (Å²) in [5.74, 6) is -3.72. The molecule has 3 aromatic rings. The summed E-state index contributed by atoms with van der Waals surface area (Å²) >= 11 is 0.307. The number of halogens is 7. The van der Waals surface area contributed by atoms with Crippen LogP contribution in [0, 0.1) is 5.82 Å². The normalized spacial score (nSPS) is 21.1. The number of nitrogens with one attached hydrogen (secondary N) is 1. The van der Waals surface area contributed by atoms with E-state index in [-0.39, 0.29) is 57.5 Å². The van der Waals surface area contributed by atoms with Gasteiger partial charge in [0, 0.05) is 50.1 Å². The number of aliphatic hydroxyl groups is 1. The van der Waals surface area contributed by atoms with Crippen LogP contribution in [0.25, 0.3) is 0 Å². The molecule has 2 aromatic heterocycles. The van der Waals surface area contributed by atoms with Gasteiger partial charge in [0.1, 0.15) is 28.2 Å². The quantitative estimate of drug-likeness (QED) is 0.278. The summed E-state index contributed by atoms with van der Waals surface area (Å²) < 4.78 is 104. The van der Waals surface area contributed by atoms with Gasteiger partial charge in [-0.2, -0.15) is 26.3 Å². The number of likely N-dealkylation sites (tertiary alicyclic amines) is 1. The highest BCUT2D eigenvalue weighted by atomic mass is 32.1. The molecule has 270 valence electrons. The number of ether oxygens (including phenoxy) is 1. The highest BCUT2D eigenvalue weighted by Crippen LogP contribution is 2.43. The molecule has 3 atom stereocenters. The molecule has 1 aromatic carbocycles. The second-order valence-electron chi connectivity index (χ2n) is 12.0. The molecule has 4 heterocycles. The third-order valence-electron chi connectivity index (χ3n) is 8.79. The summed E-state index contributed by atoms with van der Waals surface area (Å²) in [6.07, 6.45) is -8.83. The zero-order valence-corrected chi connectivity index (χ0v) is 27.4. The molecule has 2 N–H and O–H groups in total. The van der Waals surface area contributed by atoms with E-state index in [4.69, 9.17) is 4.74 Å². The molecule has 5 rings (SSSR count). The first-order valence-corrected chi connectivity index (χ1v) is 16.6. The van der Waals surface area contributed by atoms with Gasteiger partial charge in [0.2, 0.25) is 11.5 Å². The first kappa shape index (κ1) is 37.0. The Morgan fingerprint density at radius 3 is 2.50 bits per heavy atom. The fraction of sp³-hybridized carbons (Fsp3) is 0.455. The van der Waals surface area contributed by atoms with Crippen LogP contribution in [0.4, 0.5) is 30.7 Å². The molecular formula is C33H33F7N4O5S. The van der Waals surface area contributed by atoms with Crippen LogP contribution in [0.15, 0.2) is 48.0 Å². The molecule has 17 heteroatoms. The average Bonchev–Trinajstić information content (AvgIpc) is 3.55. The maximum absolute atomic E-state index is 15.1. The van der Waals surface area contributed by atoms with E-state index in [0.29, 0.717) is 34.6 Å². The minimum absolute atomic E-state index is 0.0147. The molecule has 0 unspecified atom stereocenters. The zero-order valence-electron chi connectivity index (χ0n) is 26.6. The Morgan fingerprint density at radius 1 is 1.08 bits per heavy atom. The fourth-order valence-electron chi connectivity index (χ4n) is 6.61. The summed E-state index contributed by atoms with van der Waals surface area (Å²) in [4.78, 5) is 47.5. The third kappa shape index (κ3) is 7.43. The van der Waals surface area contributed by atoms with E-state index in [1.165, 1.54) is 12.1 Å². The van der Waals surface area contributed by atoms with E-state index in [9.17, 15) is 45.4 Å². The van der Waals surface area contributed by atoms with E-state index in [2.05, 4.69) is 10.3 Å². The molecule has 0 bridgehead atoms. The Balaban J connectivity index is 1.66. The average molecular weight is 731 g/mol. The number of hydrogen-bond donors (Lipinski definition) is 2. The van der Waals surface area contributed by atoms with Crippen molar-refractivity contribution in [1.82, 2.24) is 20.1 Å². The van der Waals surface area contributed by atoms with Crippen LogP contribution in [0.3, 0.4) is 0 Å². The monoisotopic (exact) mass is 730 g/mol. The fourth-order valence-corrected chi connectivity index (χ4v) is 7.29. The number of benzene rings is 1. The minimum Gasteiger partial charge on any atom is -0.474 e. The van der Waals surface area contributed by atoms with Crippen LogP contribution in [-0.4, -0.2) is 75.0 Å². The number of nitrogens with zero attached hydrogens (tertiary/aromatic N) is 3. The molecule has 1 fully saturated rings. The molecular weight excluding hydrogens is 697 g/mol. The van der Waals surface area contributed by atoms with Gasteiger partial charge in [-0.15, -0.1) is 11.3 Å². The van der Waals surface area contributed by atoms with E-state index < -0.39 is 76.3 Å². The first-order chi connectivity index (χ1) is 23.6. The van der Waals surface area contributed by atoms with E-state index in [1.54, 1.807) is 6.92 Å². The Labute approximate surface area is 286 Å². The number of hydrogen-bond acceptors (Lipinski definition) is 7. The lowest BCUT2D eigenvalue weighted by Crippen LogP contribution is -2.70. The Kier molecular flexibility index (Phi) is 10.8. The third-order valence-corrected chi connectivity index (χ3v) is 9.74. The van der Waals surface area contributed by atoms with Crippen molar-refractivity contribution in [2.24, 2.45) is 0 Å². The Hall–Kier alpha value is -4.25. The van der Waals surface area contributed by atoms with Crippen molar-refractivity contribution >= 4 is 29.1 Å². The highest BCUT2D eigenvalue weighted by molar-refractivity contribution is 7.10. The number of carbonyl (C=O) groups excluding carboxylic acids is 3. The van der Waals surface area contributed by atoms with Gasteiger partial charge < -0.3 is 25.0 Å². The Morgan fingerprint density at radius 2 is 1.84 bits per heavy atom. The number of aromatic nitrogens is 1. The topological polar surface area (TPSA) is 112 Å². The van der Waals surface area contributed by atoms with Crippen molar-refractivity contribution in [2.45, 2.75) is 75.6 Å². The maximum atomic E-state index is 15.1. The zero-order chi connectivity index (χ0) is 36.4. The second-order valence-corrected chi connectivity index (χ2v) is 12.9. The number of piperidine rings is 1. The first-order valence-electron chi connectivity index (χ1n) is 15.8. The number of pyridine rings is 1. The van der Waals surface area contributed by atoms with E-state index in [0.717, 1.165) is 33.5 Å². The van der Waals surface area contributed by atoms with Crippen molar-refractivity contribution in [3.8, 4) is 5.75 Å². The van der Waals surface area contributed by atoms with E-state index in [1.807, 2.05) is 0 Å². The predicted molar refractivity (Wildman–Crippen MR) is 165 cm³/mol. The summed E-state index contributed by atoms with van der Waals surface area (Å²) in [5, 5.41) is 12.9. The summed E-state index contributed by atoms with van der Waals surface area (Å²) in [6, 6.07) is 3.58. The number of thiophene rings is 1. The van der Waals surface area contributed by atoms with Crippen LogP contribution in [0.2, 0.25) is 0 Å². The van der Waals surface area contributed by atoms with Crippen LogP contribution in [0.1, 0.15) is 64.7 Å². The molecule has 0 radical (unpaired) electrons. The summed E-state index contributed by atoms with van der Waals surface area (Å²) in [7, 11) is 0. The number of carbonyl (C=O) groups is 3. The molecule has 50 heavy (non-hydrogen) atoms. The van der Waals surface area contributed by atoms with Gasteiger partial charge >= 0.3 is 12.4 Å². The smallest absolute Gasteiger partial charge is 0.425 e. The van der Waals surface area contributed by atoms with Crippen LogP contribution in [-0.2, 0) is 34.9 Å². The molecule has 2 aliphatic rings. The highest BCUT2D eigenvalue weighted by Gasteiger charge is 2.57. The standard InChI is InChI=1S/C33H33F7N4O5S/c1-2-5-25-31(49-22-16-26(50-18-22)33(38,39)40,9-4-12-43(25)29(47)27-23(32(35,36)37)6-3-10-41-27)30(48)44-17-19-7-8-21(34)14-20(19)15-24(44)28(46)42-11-13-45/h3,6-8,10,14,16,18,24-25,45H,2,4-5,9,11-13,15,17H2,1H3,(H,42,46)/t24-,25-,31-/m1/s1. The van der Waals surface area contributed by atoms with Crippen molar-refractivity contribution < 1.29 is 55.0 Å². The lowest BCUT2D eigenvalue weighted by molar-refractivity contribution is -0.165. The molecule has 2 aliphatic heterocycles. The van der Waals surface area contributed by atoms with Crippen LogP contribution >= 0.6 is 11.3 Å². The second kappa shape index (κ2) is 14.5. The van der Waals surface area contributed by atoms with Gasteiger partial charge in [-0.25, -0.2) is 4.39 Å². The Bertz CT molecular complexity index is 1730. The van der Waals surface area contributed by atoms with Crippen molar-refractivity contribution in [1.29, 1.82) is 0 Å². The molecule has 0 spiro atoms. The molecule has 9 nitrogen and oxygen atoms in total. The lowest BCUT2D eigenvalue weighted by Gasteiger charge is -2.51. The number of amides is 3. The van der Waals surface area contributed by atoms with Crippen molar-refractivity contribution in [3.05, 3.63) is 81.1 Å². The maximum Gasteiger partial charge on any atom is 0.425 e. The molecule has 0 saturated carbocycles. The number of rotatable bonds is 9. The predicted octanol–water partition coefficient (Wildman–Crippen LogP) is 5.60. The van der Waals surface area contributed by atoms with Gasteiger partial charge in [-0.1, -0.05) is 19.4 Å². The van der Waals surface area contributed by atoms with E-state index >= 15 is 4.79 Å². The van der Waals surface area contributed by atoms with Crippen molar-refractivity contribution in [3.63, 3.8) is 0 Å². The lowest BCUT2D eigenvalue weighted by atomic mass is 9.78. The van der Waals surface area contributed by atoms with Crippen molar-refractivity contribution in [2.75, 3.05) is 19.7 Å². The summed E-state index contributed by atoms with van der Waals surface area (Å²) in [6.45, 7) is 0.677. The molecule has 1 saturated heterocycles. The van der Waals surface area contributed by atoms with Gasteiger partial charge in [-0.05, 0) is 48.2 Å². The van der Waals surface area contributed by atoms with Gasteiger partial charge in [0.15, 0.2) is 0 Å². The van der Waals surface area contributed by atoms with Crippen LogP contribution < -0.4 is 10.1 Å². The largest absolute Gasteiger partial charge is 0.474 e. The summed E-state index contributed by atoms with van der Waals surface area (Å²) in [5.41, 5.74) is -3.53. The van der Waals surface area contributed by atoms with Crippen LogP contribution in [0.5, 0.6) is 5.75 Å². The van der Waals surface area contributed by atoms with Gasteiger partial charge in [0.25, 0.3) is 11.8 Å². The van der Waals surface area contributed by atoms with Gasteiger partial charge in [0.05, 0.1) is 18.2 Å². The number of fused-ring (bicyclic) bond motifs is 1.